The van der Waals surface area contributed by atoms with Gasteiger partial charge in [0.15, 0.2) is 6.10 Å². The Morgan fingerprint density at radius 3 is 2.25 bits per heavy atom. The maximum atomic E-state index is 12.4. The maximum absolute atomic E-state index is 12.4. The second kappa shape index (κ2) is 7.91. The monoisotopic (exact) mass is 365 g/mol. The van der Waals surface area contributed by atoms with E-state index in [9.17, 15) is 4.79 Å². The number of benzene rings is 2. The highest BCUT2D eigenvalue weighted by Crippen LogP contribution is 2.26. The first-order valence-corrected chi connectivity index (χ1v) is 8.52. The van der Waals surface area contributed by atoms with Crippen LogP contribution in [0.25, 0.3) is 0 Å². The van der Waals surface area contributed by atoms with Crippen LogP contribution in [0.3, 0.4) is 0 Å². The molecule has 1 N–H and O–H groups in total. The summed E-state index contributed by atoms with van der Waals surface area (Å²) in [6.45, 7) is 7.59. The fourth-order valence-electron chi connectivity index (χ4n) is 2.52. The summed E-state index contributed by atoms with van der Waals surface area (Å²) in [4.78, 5) is 12.4. The van der Waals surface area contributed by atoms with E-state index in [-0.39, 0.29) is 11.9 Å². The van der Waals surface area contributed by atoms with Gasteiger partial charge in [0, 0.05) is 10.0 Å². The minimum Gasteiger partial charge on any atom is -0.481 e. The quantitative estimate of drug-likeness (QED) is 0.784. The van der Waals surface area contributed by atoms with Crippen LogP contribution in [0.15, 0.2) is 36.4 Å². The number of hydrogen-bond donors (Lipinski definition) is 1. The second-order valence-corrected chi connectivity index (χ2v) is 6.82. The Hall–Kier alpha value is -1.71. The first-order chi connectivity index (χ1) is 11.3. The van der Waals surface area contributed by atoms with Crippen LogP contribution in [0.1, 0.15) is 36.6 Å². The lowest BCUT2D eigenvalue weighted by atomic mass is 10.1. The topological polar surface area (TPSA) is 38.3 Å². The summed E-state index contributed by atoms with van der Waals surface area (Å²) in [5, 5.41) is 4.00. The Bertz CT molecular complexity index is 726. The van der Waals surface area contributed by atoms with Gasteiger partial charge < -0.3 is 10.1 Å². The highest BCUT2D eigenvalue weighted by molar-refractivity contribution is 6.35. The van der Waals surface area contributed by atoms with Gasteiger partial charge in [-0.3, -0.25) is 4.79 Å². The second-order valence-electron chi connectivity index (χ2n) is 5.98. The van der Waals surface area contributed by atoms with Crippen LogP contribution in [0, 0.1) is 13.8 Å². The Morgan fingerprint density at radius 1 is 1.04 bits per heavy atom. The van der Waals surface area contributed by atoms with Crippen molar-refractivity contribution in [3.63, 3.8) is 0 Å². The summed E-state index contributed by atoms with van der Waals surface area (Å²) in [6, 6.07) is 10.9. The molecule has 0 radical (unpaired) electrons. The number of carbonyl (C=O) groups is 1. The normalized spacial score (nSPS) is 13.2. The summed E-state index contributed by atoms with van der Waals surface area (Å²) in [6.07, 6.45) is -0.611. The Labute approximate surface area is 152 Å². The van der Waals surface area contributed by atoms with Crippen molar-refractivity contribution >= 4 is 29.1 Å². The highest BCUT2D eigenvalue weighted by Gasteiger charge is 2.19. The summed E-state index contributed by atoms with van der Waals surface area (Å²) >= 11 is 12.1. The van der Waals surface area contributed by atoms with Crippen molar-refractivity contribution in [2.45, 2.75) is 39.8 Å². The van der Waals surface area contributed by atoms with E-state index in [1.165, 1.54) is 0 Å². The molecule has 0 heterocycles. The molecule has 2 aromatic carbocycles. The fourth-order valence-corrected chi connectivity index (χ4v) is 3.09. The van der Waals surface area contributed by atoms with Gasteiger partial charge in [0.05, 0.1) is 6.04 Å². The highest BCUT2D eigenvalue weighted by atomic mass is 35.5. The third-order valence-electron chi connectivity index (χ3n) is 3.67. The van der Waals surface area contributed by atoms with Gasteiger partial charge in [-0.2, -0.15) is 0 Å². The van der Waals surface area contributed by atoms with Gasteiger partial charge in [-0.1, -0.05) is 35.3 Å². The molecule has 2 unspecified atom stereocenters. The number of aryl methyl sites for hydroxylation is 2. The molecule has 0 aromatic heterocycles. The van der Waals surface area contributed by atoms with Crippen molar-refractivity contribution < 1.29 is 9.53 Å². The molecule has 2 atom stereocenters. The number of rotatable bonds is 5. The molecule has 3 nitrogen and oxygen atoms in total. The van der Waals surface area contributed by atoms with E-state index >= 15 is 0 Å². The molecular weight excluding hydrogens is 345 g/mol. The molecule has 24 heavy (non-hydrogen) atoms. The van der Waals surface area contributed by atoms with Crippen molar-refractivity contribution in [1.82, 2.24) is 5.32 Å². The SMILES string of the molecule is Cc1cc(C)cc(OC(C)C(=O)NC(C)c2ccc(Cl)cc2Cl)c1. The zero-order valence-corrected chi connectivity index (χ0v) is 15.7. The summed E-state index contributed by atoms with van der Waals surface area (Å²) in [7, 11) is 0. The molecule has 5 heteroatoms. The molecule has 0 saturated carbocycles. The predicted octanol–water partition coefficient (Wildman–Crippen LogP) is 5.25. The Kier molecular flexibility index (Phi) is 6.14. The molecule has 128 valence electrons. The molecule has 0 aliphatic heterocycles. The number of ether oxygens (including phenoxy) is 1. The number of carbonyl (C=O) groups excluding carboxylic acids is 1. The lowest BCUT2D eigenvalue weighted by Crippen LogP contribution is -2.37. The van der Waals surface area contributed by atoms with E-state index in [0.29, 0.717) is 15.8 Å². The van der Waals surface area contributed by atoms with Gasteiger partial charge >= 0.3 is 0 Å². The minimum atomic E-state index is -0.611. The molecule has 2 aromatic rings. The summed E-state index contributed by atoms with van der Waals surface area (Å²) in [5.41, 5.74) is 3.01. The summed E-state index contributed by atoms with van der Waals surface area (Å²) in [5.74, 6) is 0.486. The zero-order valence-electron chi connectivity index (χ0n) is 14.2. The molecule has 0 saturated heterocycles. The standard InChI is InChI=1S/C19H21Cl2NO2/c1-11-7-12(2)9-16(8-11)24-14(4)19(23)22-13(3)17-6-5-15(20)10-18(17)21/h5-10,13-14H,1-4H3,(H,22,23). The van der Waals surface area contributed by atoms with Crippen molar-refractivity contribution in [1.29, 1.82) is 0 Å². The van der Waals surface area contributed by atoms with Gasteiger partial charge in [-0.15, -0.1) is 0 Å². The Morgan fingerprint density at radius 2 is 1.67 bits per heavy atom. The average molecular weight is 366 g/mol. The molecule has 0 fully saturated rings. The van der Waals surface area contributed by atoms with Crippen LogP contribution in [0.4, 0.5) is 0 Å². The molecule has 0 bridgehead atoms. The van der Waals surface area contributed by atoms with Crippen LogP contribution >= 0.6 is 23.2 Å². The van der Waals surface area contributed by atoms with Crippen LogP contribution in [-0.4, -0.2) is 12.0 Å². The largest absolute Gasteiger partial charge is 0.481 e. The first kappa shape index (κ1) is 18.6. The van der Waals surface area contributed by atoms with Crippen molar-refractivity contribution in [2.75, 3.05) is 0 Å². The van der Waals surface area contributed by atoms with Gasteiger partial charge in [-0.05, 0) is 68.7 Å². The van der Waals surface area contributed by atoms with Gasteiger partial charge in [0.2, 0.25) is 0 Å². The zero-order chi connectivity index (χ0) is 17.9. The lowest BCUT2D eigenvalue weighted by Gasteiger charge is -2.20. The fraction of sp³-hybridized carbons (Fsp3) is 0.316. The van der Waals surface area contributed by atoms with E-state index in [1.54, 1.807) is 19.1 Å². The molecular formula is C19H21Cl2NO2. The Balaban J connectivity index is 2.02. The number of hydrogen-bond acceptors (Lipinski definition) is 2. The molecule has 1 amide bonds. The smallest absolute Gasteiger partial charge is 0.261 e. The van der Waals surface area contributed by atoms with E-state index in [1.807, 2.05) is 39.0 Å². The maximum Gasteiger partial charge on any atom is 0.261 e. The predicted molar refractivity (Wildman–Crippen MR) is 99.0 cm³/mol. The third kappa shape index (κ3) is 4.89. The van der Waals surface area contributed by atoms with E-state index in [4.69, 9.17) is 27.9 Å². The number of nitrogens with one attached hydrogen (secondary N) is 1. The van der Waals surface area contributed by atoms with E-state index in [2.05, 4.69) is 11.4 Å². The van der Waals surface area contributed by atoms with Crippen molar-refractivity contribution in [2.24, 2.45) is 0 Å². The lowest BCUT2D eigenvalue weighted by molar-refractivity contribution is -0.127. The van der Waals surface area contributed by atoms with Gasteiger partial charge in [-0.25, -0.2) is 0 Å². The van der Waals surface area contributed by atoms with E-state index in [0.717, 1.165) is 16.7 Å². The van der Waals surface area contributed by atoms with Crippen molar-refractivity contribution in [3.05, 3.63) is 63.1 Å². The summed E-state index contributed by atoms with van der Waals surface area (Å²) < 4.78 is 5.76. The van der Waals surface area contributed by atoms with Gasteiger partial charge in [0.1, 0.15) is 5.75 Å². The third-order valence-corrected chi connectivity index (χ3v) is 4.23. The minimum absolute atomic E-state index is 0.201. The molecule has 0 aliphatic carbocycles. The number of amides is 1. The van der Waals surface area contributed by atoms with Crippen LogP contribution in [-0.2, 0) is 4.79 Å². The van der Waals surface area contributed by atoms with E-state index < -0.39 is 6.10 Å². The van der Waals surface area contributed by atoms with Gasteiger partial charge in [0.25, 0.3) is 5.91 Å². The molecule has 2 rings (SSSR count). The molecule has 0 aliphatic rings. The van der Waals surface area contributed by atoms with Crippen LogP contribution in [0.5, 0.6) is 5.75 Å². The van der Waals surface area contributed by atoms with Crippen LogP contribution < -0.4 is 10.1 Å². The van der Waals surface area contributed by atoms with Crippen LogP contribution in [0.2, 0.25) is 10.0 Å². The van der Waals surface area contributed by atoms with Crippen molar-refractivity contribution in [3.8, 4) is 5.75 Å². The molecule has 0 spiro atoms. The first-order valence-electron chi connectivity index (χ1n) is 7.76. The number of halogens is 2. The average Bonchev–Trinajstić information content (AvgIpc) is 2.45.